The number of aliphatic carboxylic acids is 1. The molecule has 19 heavy (non-hydrogen) atoms. The quantitative estimate of drug-likeness (QED) is 0.368. The van der Waals surface area contributed by atoms with E-state index in [2.05, 4.69) is 10.6 Å². The third-order valence-electron chi connectivity index (χ3n) is 2.23. The summed E-state index contributed by atoms with van der Waals surface area (Å²) in [6.07, 6.45) is 0.0463. The van der Waals surface area contributed by atoms with Gasteiger partial charge in [-0.25, -0.2) is 0 Å². The summed E-state index contributed by atoms with van der Waals surface area (Å²) in [4.78, 5) is 21.8. The predicted octanol–water partition coefficient (Wildman–Crippen LogP) is 0.125. The van der Waals surface area contributed by atoms with E-state index in [9.17, 15) is 9.59 Å². The Kier molecular flexibility index (Phi) is 5.34. The highest BCUT2D eigenvalue weighted by atomic mass is 16.4. The highest BCUT2D eigenvalue weighted by Gasteiger charge is 2.05. The average Bonchev–Trinajstić information content (AvgIpc) is 2.27. The standard InChI is InChI=1S/C12H16N4O3/c13-12(14)16-9-3-1-2-8(6-9)7-10(17)15-5-4-11(18)19/h1-3,6H,4-5,7H2,(H,15,17)(H,18,19)(H4,13,14,16). The summed E-state index contributed by atoms with van der Waals surface area (Å²) in [6.45, 7) is 0.111. The van der Waals surface area contributed by atoms with Gasteiger partial charge in [0.25, 0.3) is 0 Å². The van der Waals surface area contributed by atoms with Crippen LogP contribution in [0.4, 0.5) is 5.69 Å². The van der Waals surface area contributed by atoms with E-state index >= 15 is 0 Å². The minimum atomic E-state index is -0.951. The third-order valence-corrected chi connectivity index (χ3v) is 2.23. The average molecular weight is 264 g/mol. The van der Waals surface area contributed by atoms with Gasteiger partial charge in [0.15, 0.2) is 5.96 Å². The molecule has 7 nitrogen and oxygen atoms in total. The Hall–Kier alpha value is -2.57. The van der Waals surface area contributed by atoms with Gasteiger partial charge in [0, 0.05) is 12.2 Å². The second-order valence-corrected chi connectivity index (χ2v) is 3.91. The van der Waals surface area contributed by atoms with Crippen molar-refractivity contribution in [2.24, 2.45) is 5.73 Å². The normalized spacial score (nSPS) is 9.68. The van der Waals surface area contributed by atoms with Crippen molar-refractivity contribution < 1.29 is 14.7 Å². The van der Waals surface area contributed by atoms with Gasteiger partial charge in [0.2, 0.25) is 5.91 Å². The van der Waals surface area contributed by atoms with Crippen LogP contribution in [0.5, 0.6) is 0 Å². The van der Waals surface area contributed by atoms with E-state index in [1.807, 2.05) is 0 Å². The molecule has 7 heteroatoms. The molecule has 0 fully saturated rings. The number of hydrogen-bond acceptors (Lipinski definition) is 3. The van der Waals surface area contributed by atoms with Crippen LogP contribution in [0.3, 0.4) is 0 Å². The summed E-state index contributed by atoms with van der Waals surface area (Å²) < 4.78 is 0. The molecule has 0 bridgehead atoms. The lowest BCUT2D eigenvalue weighted by Crippen LogP contribution is -2.27. The number of benzene rings is 1. The van der Waals surface area contributed by atoms with Gasteiger partial charge in [-0.1, -0.05) is 12.1 Å². The maximum atomic E-state index is 11.5. The minimum Gasteiger partial charge on any atom is -0.481 e. The summed E-state index contributed by atoms with van der Waals surface area (Å²) in [6, 6.07) is 6.94. The molecule has 102 valence electrons. The molecule has 0 aliphatic carbocycles. The van der Waals surface area contributed by atoms with Crippen molar-refractivity contribution in [2.45, 2.75) is 12.8 Å². The molecule has 0 heterocycles. The Morgan fingerprint density at radius 2 is 2.11 bits per heavy atom. The molecular weight excluding hydrogens is 248 g/mol. The molecule has 0 radical (unpaired) electrons. The van der Waals surface area contributed by atoms with Gasteiger partial charge in [-0.15, -0.1) is 0 Å². The Labute approximate surface area is 110 Å². The number of anilines is 1. The van der Waals surface area contributed by atoms with Crippen molar-refractivity contribution in [3.63, 3.8) is 0 Å². The fourth-order valence-corrected chi connectivity index (χ4v) is 1.47. The first kappa shape index (κ1) is 14.5. The van der Waals surface area contributed by atoms with Gasteiger partial charge in [0.05, 0.1) is 12.8 Å². The number of hydrogen-bond donors (Lipinski definition) is 5. The van der Waals surface area contributed by atoms with E-state index in [1.54, 1.807) is 24.3 Å². The zero-order valence-corrected chi connectivity index (χ0v) is 10.3. The molecule has 0 unspecified atom stereocenters. The second kappa shape index (κ2) is 7.00. The van der Waals surface area contributed by atoms with Crippen molar-refractivity contribution in [2.75, 3.05) is 11.9 Å². The fourth-order valence-electron chi connectivity index (χ4n) is 1.47. The van der Waals surface area contributed by atoms with Crippen LogP contribution in [0.15, 0.2) is 24.3 Å². The summed E-state index contributed by atoms with van der Waals surface area (Å²) in [5.41, 5.74) is 6.58. The van der Waals surface area contributed by atoms with Crippen LogP contribution in [0.25, 0.3) is 0 Å². The predicted molar refractivity (Wildman–Crippen MR) is 70.9 cm³/mol. The lowest BCUT2D eigenvalue weighted by atomic mass is 10.1. The van der Waals surface area contributed by atoms with Gasteiger partial charge < -0.3 is 21.5 Å². The fraction of sp³-hybridized carbons (Fsp3) is 0.250. The van der Waals surface area contributed by atoms with Gasteiger partial charge in [-0.3, -0.25) is 15.0 Å². The lowest BCUT2D eigenvalue weighted by molar-refractivity contribution is -0.136. The van der Waals surface area contributed by atoms with Crippen LogP contribution in [0, 0.1) is 5.41 Å². The number of nitrogens with two attached hydrogens (primary N) is 1. The number of guanidine groups is 1. The van der Waals surface area contributed by atoms with Crippen molar-refractivity contribution >= 4 is 23.5 Å². The smallest absolute Gasteiger partial charge is 0.305 e. The maximum absolute atomic E-state index is 11.5. The first-order valence-corrected chi connectivity index (χ1v) is 5.66. The largest absolute Gasteiger partial charge is 0.481 e. The number of amides is 1. The van der Waals surface area contributed by atoms with Gasteiger partial charge >= 0.3 is 5.97 Å². The number of rotatable bonds is 6. The Bertz CT molecular complexity index is 488. The van der Waals surface area contributed by atoms with Crippen LogP contribution in [-0.4, -0.2) is 29.5 Å². The second-order valence-electron chi connectivity index (χ2n) is 3.91. The summed E-state index contributed by atoms with van der Waals surface area (Å²) in [7, 11) is 0. The van der Waals surface area contributed by atoms with Crippen molar-refractivity contribution in [1.82, 2.24) is 5.32 Å². The van der Waals surface area contributed by atoms with E-state index in [-0.39, 0.29) is 31.3 Å². The molecule has 0 atom stereocenters. The third kappa shape index (κ3) is 6.06. The molecule has 6 N–H and O–H groups in total. The molecule has 0 saturated heterocycles. The van der Waals surface area contributed by atoms with E-state index in [0.717, 1.165) is 5.56 Å². The highest BCUT2D eigenvalue weighted by molar-refractivity contribution is 5.90. The van der Waals surface area contributed by atoms with Crippen LogP contribution in [0.1, 0.15) is 12.0 Å². The van der Waals surface area contributed by atoms with E-state index in [1.165, 1.54) is 0 Å². The number of carbonyl (C=O) groups excluding carboxylic acids is 1. The Balaban J connectivity index is 2.49. The molecule has 1 amide bonds. The zero-order chi connectivity index (χ0) is 14.3. The van der Waals surface area contributed by atoms with Crippen molar-refractivity contribution in [3.05, 3.63) is 29.8 Å². The van der Waals surface area contributed by atoms with E-state index in [4.69, 9.17) is 16.2 Å². The van der Waals surface area contributed by atoms with E-state index in [0.29, 0.717) is 5.69 Å². The van der Waals surface area contributed by atoms with Gasteiger partial charge in [-0.2, -0.15) is 0 Å². The first-order valence-electron chi connectivity index (χ1n) is 5.66. The first-order chi connectivity index (χ1) is 8.97. The van der Waals surface area contributed by atoms with Gasteiger partial charge in [0.1, 0.15) is 0 Å². The molecule has 1 aromatic carbocycles. The summed E-state index contributed by atoms with van der Waals surface area (Å²) in [5, 5.41) is 20.7. The Morgan fingerprint density at radius 3 is 2.74 bits per heavy atom. The number of nitrogens with one attached hydrogen (secondary N) is 3. The SMILES string of the molecule is N=C(N)Nc1cccc(CC(=O)NCCC(=O)O)c1. The molecule has 0 spiro atoms. The molecule has 0 saturated carbocycles. The molecular formula is C12H16N4O3. The minimum absolute atomic E-state index is 0.0995. The molecule has 0 aromatic heterocycles. The molecule has 1 aromatic rings. The van der Waals surface area contributed by atoms with Crippen LogP contribution >= 0.6 is 0 Å². The zero-order valence-electron chi connectivity index (χ0n) is 10.3. The van der Waals surface area contributed by atoms with Crippen molar-refractivity contribution in [3.8, 4) is 0 Å². The number of carboxylic acids is 1. The molecule has 0 aliphatic rings. The van der Waals surface area contributed by atoms with Crippen LogP contribution in [-0.2, 0) is 16.0 Å². The highest BCUT2D eigenvalue weighted by Crippen LogP contribution is 2.10. The monoisotopic (exact) mass is 264 g/mol. The Morgan fingerprint density at radius 1 is 1.37 bits per heavy atom. The van der Waals surface area contributed by atoms with Gasteiger partial charge in [-0.05, 0) is 17.7 Å². The van der Waals surface area contributed by atoms with Crippen LogP contribution < -0.4 is 16.4 Å². The maximum Gasteiger partial charge on any atom is 0.305 e. The van der Waals surface area contributed by atoms with E-state index < -0.39 is 5.97 Å². The topological polar surface area (TPSA) is 128 Å². The van der Waals surface area contributed by atoms with Crippen LogP contribution in [0.2, 0.25) is 0 Å². The number of carboxylic acid groups (broad SMARTS) is 1. The molecule has 1 rings (SSSR count). The van der Waals surface area contributed by atoms with Crippen molar-refractivity contribution in [1.29, 1.82) is 5.41 Å². The lowest BCUT2D eigenvalue weighted by Gasteiger charge is -2.07. The molecule has 0 aliphatic heterocycles. The summed E-state index contributed by atoms with van der Waals surface area (Å²) >= 11 is 0. The summed E-state index contributed by atoms with van der Waals surface area (Å²) in [5.74, 6) is -1.38. The number of carbonyl (C=O) groups is 2.